The molecule has 1 aromatic rings. The third-order valence-electron chi connectivity index (χ3n) is 2.94. The Bertz CT molecular complexity index is 396. The molecule has 0 aliphatic carbocycles. The molecule has 0 spiro atoms. The molecule has 0 unspecified atom stereocenters. The number of nitrogens with one attached hydrogen (secondary N) is 1. The van der Waals surface area contributed by atoms with Crippen LogP contribution in [0.3, 0.4) is 0 Å². The average molecular weight is 264 g/mol. The van der Waals surface area contributed by atoms with Gasteiger partial charge in [-0.15, -0.1) is 0 Å². The van der Waals surface area contributed by atoms with Crippen molar-refractivity contribution in [2.24, 2.45) is 0 Å². The van der Waals surface area contributed by atoms with Crippen molar-refractivity contribution in [3.8, 4) is 0 Å². The summed E-state index contributed by atoms with van der Waals surface area (Å²) in [5, 5.41) is 3.30. The quantitative estimate of drug-likeness (QED) is 0.854. The SMILES string of the molecule is CCCN(CC)c1cc(NCC)nc(C(C)(C)C)n1. The number of aromatic nitrogens is 2. The minimum atomic E-state index is -0.0359. The molecule has 1 rings (SSSR count). The minimum Gasteiger partial charge on any atom is -0.370 e. The molecule has 0 aliphatic rings. The van der Waals surface area contributed by atoms with Gasteiger partial charge in [-0.25, -0.2) is 9.97 Å². The van der Waals surface area contributed by atoms with Crippen molar-refractivity contribution in [3.63, 3.8) is 0 Å². The van der Waals surface area contributed by atoms with E-state index in [0.717, 1.165) is 43.5 Å². The van der Waals surface area contributed by atoms with Crippen LogP contribution in [0, 0.1) is 0 Å². The zero-order valence-corrected chi connectivity index (χ0v) is 13.2. The summed E-state index contributed by atoms with van der Waals surface area (Å²) in [6.07, 6.45) is 1.12. The second kappa shape index (κ2) is 6.73. The van der Waals surface area contributed by atoms with E-state index in [0.29, 0.717) is 0 Å². The van der Waals surface area contributed by atoms with Gasteiger partial charge in [0.05, 0.1) is 0 Å². The second-order valence-electron chi connectivity index (χ2n) is 5.79. The Kier molecular flexibility index (Phi) is 5.58. The summed E-state index contributed by atoms with van der Waals surface area (Å²) < 4.78 is 0. The summed E-state index contributed by atoms with van der Waals surface area (Å²) in [6, 6.07) is 2.05. The van der Waals surface area contributed by atoms with Gasteiger partial charge in [0.25, 0.3) is 0 Å². The molecule has 108 valence electrons. The molecule has 0 aromatic carbocycles. The first-order valence-electron chi connectivity index (χ1n) is 7.30. The Morgan fingerprint density at radius 3 is 2.32 bits per heavy atom. The molecule has 19 heavy (non-hydrogen) atoms. The lowest BCUT2D eigenvalue weighted by atomic mass is 9.96. The zero-order chi connectivity index (χ0) is 14.5. The van der Waals surface area contributed by atoms with Gasteiger partial charge in [-0.3, -0.25) is 0 Å². The van der Waals surface area contributed by atoms with Crippen LogP contribution < -0.4 is 10.2 Å². The van der Waals surface area contributed by atoms with Gasteiger partial charge in [0.2, 0.25) is 0 Å². The van der Waals surface area contributed by atoms with E-state index in [4.69, 9.17) is 4.98 Å². The first-order chi connectivity index (χ1) is 8.92. The number of rotatable bonds is 6. The van der Waals surface area contributed by atoms with E-state index in [-0.39, 0.29) is 5.41 Å². The molecule has 0 bridgehead atoms. The van der Waals surface area contributed by atoms with Crippen molar-refractivity contribution in [2.75, 3.05) is 29.9 Å². The molecular formula is C15H28N4. The highest BCUT2D eigenvalue weighted by molar-refractivity contribution is 5.50. The van der Waals surface area contributed by atoms with Crippen LogP contribution in [-0.2, 0) is 5.41 Å². The van der Waals surface area contributed by atoms with E-state index in [2.05, 4.69) is 62.8 Å². The normalized spacial score (nSPS) is 11.5. The van der Waals surface area contributed by atoms with Crippen molar-refractivity contribution in [3.05, 3.63) is 11.9 Å². The Hall–Kier alpha value is -1.32. The van der Waals surface area contributed by atoms with Gasteiger partial charge in [0.15, 0.2) is 0 Å². The molecule has 0 radical (unpaired) electrons. The van der Waals surface area contributed by atoms with Gasteiger partial charge < -0.3 is 10.2 Å². The molecule has 0 saturated heterocycles. The van der Waals surface area contributed by atoms with Crippen LogP contribution in [0.2, 0.25) is 0 Å². The summed E-state index contributed by atoms with van der Waals surface area (Å²) in [5.41, 5.74) is -0.0359. The molecule has 0 amide bonds. The predicted octanol–water partition coefficient (Wildman–Crippen LogP) is 3.44. The molecule has 0 saturated carbocycles. The number of anilines is 2. The smallest absolute Gasteiger partial charge is 0.138 e. The van der Waals surface area contributed by atoms with Gasteiger partial charge in [0, 0.05) is 31.1 Å². The lowest BCUT2D eigenvalue weighted by molar-refractivity contribution is 0.544. The fraction of sp³-hybridized carbons (Fsp3) is 0.733. The molecule has 0 atom stereocenters. The van der Waals surface area contributed by atoms with Crippen molar-refractivity contribution in [2.45, 2.75) is 53.4 Å². The maximum Gasteiger partial charge on any atom is 0.138 e. The molecule has 1 aromatic heterocycles. The standard InChI is InChI=1S/C15H28N4/c1-7-10-19(9-3)13-11-12(16-8-2)17-14(18-13)15(4,5)6/h11H,7-10H2,1-6H3,(H,16,17,18). The Morgan fingerprint density at radius 2 is 1.84 bits per heavy atom. The second-order valence-corrected chi connectivity index (χ2v) is 5.79. The molecule has 1 N–H and O–H groups in total. The van der Waals surface area contributed by atoms with E-state index in [9.17, 15) is 0 Å². The van der Waals surface area contributed by atoms with E-state index >= 15 is 0 Å². The van der Waals surface area contributed by atoms with Gasteiger partial charge >= 0.3 is 0 Å². The van der Waals surface area contributed by atoms with Crippen LogP contribution in [0.5, 0.6) is 0 Å². The van der Waals surface area contributed by atoms with Crippen LogP contribution >= 0.6 is 0 Å². The van der Waals surface area contributed by atoms with Crippen LogP contribution in [0.4, 0.5) is 11.6 Å². The summed E-state index contributed by atoms with van der Waals surface area (Å²) in [4.78, 5) is 11.7. The van der Waals surface area contributed by atoms with E-state index in [1.165, 1.54) is 0 Å². The average Bonchev–Trinajstić information content (AvgIpc) is 2.35. The Morgan fingerprint density at radius 1 is 1.16 bits per heavy atom. The highest BCUT2D eigenvalue weighted by Crippen LogP contribution is 2.24. The van der Waals surface area contributed by atoms with Crippen molar-refractivity contribution in [1.29, 1.82) is 0 Å². The summed E-state index contributed by atoms with van der Waals surface area (Å²) in [6.45, 7) is 15.8. The summed E-state index contributed by atoms with van der Waals surface area (Å²) in [5.74, 6) is 2.85. The molecular weight excluding hydrogens is 236 g/mol. The van der Waals surface area contributed by atoms with Crippen molar-refractivity contribution < 1.29 is 0 Å². The number of hydrogen-bond donors (Lipinski definition) is 1. The highest BCUT2D eigenvalue weighted by Gasteiger charge is 2.20. The van der Waals surface area contributed by atoms with Gasteiger partial charge in [-0.1, -0.05) is 27.7 Å². The summed E-state index contributed by atoms with van der Waals surface area (Å²) in [7, 11) is 0. The van der Waals surface area contributed by atoms with Crippen molar-refractivity contribution >= 4 is 11.6 Å². The fourth-order valence-electron chi connectivity index (χ4n) is 1.91. The largest absolute Gasteiger partial charge is 0.370 e. The number of hydrogen-bond acceptors (Lipinski definition) is 4. The molecule has 0 fully saturated rings. The highest BCUT2D eigenvalue weighted by atomic mass is 15.2. The van der Waals surface area contributed by atoms with E-state index in [1.807, 2.05) is 0 Å². The van der Waals surface area contributed by atoms with Gasteiger partial charge in [-0.2, -0.15) is 0 Å². The monoisotopic (exact) mass is 264 g/mol. The van der Waals surface area contributed by atoms with Crippen LogP contribution in [-0.4, -0.2) is 29.6 Å². The summed E-state index contributed by atoms with van der Waals surface area (Å²) >= 11 is 0. The van der Waals surface area contributed by atoms with Gasteiger partial charge in [-0.05, 0) is 20.3 Å². The van der Waals surface area contributed by atoms with E-state index < -0.39 is 0 Å². The van der Waals surface area contributed by atoms with E-state index in [1.54, 1.807) is 0 Å². The van der Waals surface area contributed by atoms with Crippen LogP contribution in [0.25, 0.3) is 0 Å². The fourth-order valence-corrected chi connectivity index (χ4v) is 1.91. The Labute approximate surface area is 117 Å². The third-order valence-corrected chi connectivity index (χ3v) is 2.94. The lowest BCUT2D eigenvalue weighted by Crippen LogP contribution is -2.27. The Balaban J connectivity index is 3.18. The first kappa shape index (κ1) is 15.7. The molecule has 1 heterocycles. The van der Waals surface area contributed by atoms with Crippen LogP contribution in [0.15, 0.2) is 6.07 Å². The molecule has 4 heteroatoms. The molecule has 0 aliphatic heterocycles. The topological polar surface area (TPSA) is 41.0 Å². The maximum atomic E-state index is 4.75. The van der Waals surface area contributed by atoms with Gasteiger partial charge in [0.1, 0.15) is 17.5 Å². The zero-order valence-electron chi connectivity index (χ0n) is 13.2. The third kappa shape index (κ3) is 4.37. The van der Waals surface area contributed by atoms with Crippen LogP contribution in [0.1, 0.15) is 53.8 Å². The predicted molar refractivity (Wildman–Crippen MR) is 83.1 cm³/mol. The first-order valence-corrected chi connectivity index (χ1v) is 7.30. The minimum absolute atomic E-state index is 0.0359. The number of nitrogens with zero attached hydrogens (tertiary/aromatic N) is 3. The molecule has 4 nitrogen and oxygen atoms in total. The lowest BCUT2D eigenvalue weighted by Gasteiger charge is -2.25. The van der Waals surface area contributed by atoms with Crippen molar-refractivity contribution in [1.82, 2.24) is 9.97 Å². The maximum absolute atomic E-state index is 4.75.